The zero-order valence-electron chi connectivity index (χ0n) is 15.8. The second-order valence-electron chi connectivity index (χ2n) is 7.77. The SMILES string of the molecule is CCOP1(=O)O[C@H](c2ccc(OC)cc2)C(C)(C)C=C1[Si](C)(C)C. The van der Waals surface area contributed by atoms with Crippen LogP contribution < -0.4 is 4.74 Å². The summed E-state index contributed by atoms with van der Waals surface area (Å²) < 4.78 is 30.6. The van der Waals surface area contributed by atoms with Gasteiger partial charge in [0.15, 0.2) is 0 Å². The van der Waals surface area contributed by atoms with Crippen molar-refractivity contribution < 1.29 is 18.3 Å². The molecule has 2 rings (SSSR count). The van der Waals surface area contributed by atoms with E-state index < -0.39 is 15.7 Å². The first-order valence-corrected chi connectivity index (χ1v) is 13.4. The quantitative estimate of drug-likeness (QED) is 0.488. The minimum atomic E-state index is -3.27. The molecular weight excluding hydrogens is 339 g/mol. The minimum absolute atomic E-state index is 0.269. The van der Waals surface area contributed by atoms with Gasteiger partial charge in [-0.05, 0) is 24.6 Å². The molecule has 1 aliphatic rings. The molecule has 0 radical (unpaired) electrons. The van der Waals surface area contributed by atoms with E-state index in [1.54, 1.807) is 7.11 Å². The predicted octanol–water partition coefficient (Wildman–Crippen LogP) is 5.78. The van der Waals surface area contributed by atoms with E-state index in [1.165, 1.54) is 0 Å². The van der Waals surface area contributed by atoms with E-state index in [4.69, 9.17) is 13.8 Å². The molecule has 0 saturated heterocycles. The molecule has 1 aromatic carbocycles. The van der Waals surface area contributed by atoms with E-state index in [1.807, 2.05) is 31.2 Å². The summed E-state index contributed by atoms with van der Waals surface area (Å²) in [5, 5.41) is 0. The van der Waals surface area contributed by atoms with E-state index >= 15 is 0 Å². The Morgan fingerprint density at radius 3 is 2.25 bits per heavy atom. The van der Waals surface area contributed by atoms with E-state index in [2.05, 4.69) is 39.6 Å². The number of methoxy groups -OCH3 is 1. The van der Waals surface area contributed by atoms with Gasteiger partial charge < -0.3 is 9.26 Å². The molecule has 134 valence electrons. The zero-order chi connectivity index (χ0) is 18.2. The molecule has 0 N–H and O–H groups in total. The number of hydrogen-bond donors (Lipinski definition) is 0. The van der Waals surface area contributed by atoms with Crippen LogP contribution in [0.2, 0.25) is 19.6 Å². The molecule has 4 nitrogen and oxygen atoms in total. The van der Waals surface area contributed by atoms with Crippen molar-refractivity contribution in [1.82, 2.24) is 0 Å². The van der Waals surface area contributed by atoms with Crippen molar-refractivity contribution in [2.75, 3.05) is 13.7 Å². The summed E-state index contributed by atoms with van der Waals surface area (Å²) in [5.74, 6) is 0.790. The highest BCUT2D eigenvalue weighted by Crippen LogP contribution is 2.67. The van der Waals surface area contributed by atoms with Crippen LogP contribution in [0.5, 0.6) is 5.75 Å². The molecule has 1 heterocycles. The topological polar surface area (TPSA) is 44.8 Å². The summed E-state index contributed by atoms with van der Waals surface area (Å²) in [4.78, 5) is 0.895. The molecule has 0 aromatic heterocycles. The van der Waals surface area contributed by atoms with Crippen LogP contribution in [0.15, 0.2) is 35.3 Å². The van der Waals surface area contributed by atoms with Crippen LogP contribution in [0.25, 0.3) is 0 Å². The van der Waals surface area contributed by atoms with Gasteiger partial charge in [0.05, 0.1) is 21.8 Å². The van der Waals surface area contributed by atoms with Crippen molar-refractivity contribution in [3.05, 3.63) is 40.8 Å². The molecular formula is C18H29O4PSi. The molecule has 1 unspecified atom stereocenters. The third-order valence-electron chi connectivity index (χ3n) is 4.21. The van der Waals surface area contributed by atoms with Gasteiger partial charge in [0.1, 0.15) is 11.9 Å². The van der Waals surface area contributed by atoms with Crippen LogP contribution in [0.3, 0.4) is 0 Å². The van der Waals surface area contributed by atoms with E-state index in [-0.39, 0.29) is 11.5 Å². The largest absolute Gasteiger partial charge is 0.497 e. The summed E-state index contributed by atoms with van der Waals surface area (Å²) in [6.07, 6.45) is 1.83. The molecule has 0 bridgehead atoms. The van der Waals surface area contributed by atoms with Crippen molar-refractivity contribution in [2.45, 2.75) is 46.5 Å². The molecule has 0 aliphatic carbocycles. The highest BCUT2D eigenvalue weighted by Gasteiger charge is 2.49. The average Bonchev–Trinajstić information content (AvgIpc) is 2.49. The normalized spacial score (nSPS) is 26.8. The van der Waals surface area contributed by atoms with Crippen molar-refractivity contribution in [2.24, 2.45) is 5.41 Å². The standard InChI is InChI=1S/C18H29O4PSi/c1-8-21-23(19)16(24(5,6)7)13-18(2,3)17(22-23)14-9-11-15(20-4)12-10-14/h9-13,17H,8H2,1-7H3/t17-,23?/m1/s1. The highest BCUT2D eigenvalue weighted by atomic mass is 31.2. The third kappa shape index (κ3) is 3.85. The first-order chi connectivity index (χ1) is 11.0. The number of hydrogen-bond acceptors (Lipinski definition) is 4. The summed E-state index contributed by atoms with van der Waals surface area (Å²) in [7, 11) is -3.47. The molecule has 0 amide bonds. The van der Waals surface area contributed by atoms with Gasteiger partial charge in [-0.2, -0.15) is 0 Å². The lowest BCUT2D eigenvalue weighted by atomic mass is 9.83. The van der Waals surface area contributed by atoms with Crippen LogP contribution in [-0.2, 0) is 13.6 Å². The lowest BCUT2D eigenvalue weighted by Crippen LogP contribution is -2.34. The Bertz CT molecular complexity index is 659. The van der Waals surface area contributed by atoms with Crippen molar-refractivity contribution >= 4 is 15.7 Å². The first kappa shape index (κ1) is 19.5. The molecule has 0 saturated carbocycles. The van der Waals surface area contributed by atoms with E-state index in [0.717, 1.165) is 16.3 Å². The maximum atomic E-state index is 13.5. The monoisotopic (exact) mass is 368 g/mol. The lowest BCUT2D eigenvalue weighted by molar-refractivity contribution is 0.0761. The first-order valence-electron chi connectivity index (χ1n) is 8.34. The molecule has 0 fully saturated rings. The second-order valence-corrected chi connectivity index (χ2v) is 15.2. The Morgan fingerprint density at radius 2 is 1.79 bits per heavy atom. The van der Waals surface area contributed by atoms with Crippen molar-refractivity contribution in [1.29, 1.82) is 0 Å². The third-order valence-corrected chi connectivity index (χ3v) is 10.5. The molecule has 1 aromatic rings. The Hall–Kier alpha value is -0.873. The van der Waals surface area contributed by atoms with Gasteiger partial charge in [0, 0.05) is 10.4 Å². The highest BCUT2D eigenvalue weighted by molar-refractivity contribution is 7.62. The van der Waals surface area contributed by atoms with Gasteiger partial charge in [0.2, 0.25) is 0 Å². The van der Waals surface area contributed by atoms with Crippen molar-refractivity contribution in [3.63, 3.8) is 0 Å². The average molecular weight is 368 g/mol. The molecule has 2 atom stereocenters. The van der Waals surface area contributed by atoms with Crippen LogP contribution in [-0.4, -0.2) is 21.8 Å². The summed E-state index contributed by atoms with van der Waals surface area (Å²) in [6, 6.07) is 7.74. The van der Waals surface area contributed by atoms with Crippen LogP contribution >= 0.6 is 7.60 Å². The smallest absolute Gasteiger partial charge is 0.353 e. The molecule has 6 heteroatoms. The van der Waals surface area contributed by atoms with Crippen LogP contribution in [0, 0.1) is 5.41 Å². The van der Waals surface area contributed by atoms with Gasteiger partial charge in [-0.15, -0.1) is 0 Å². The Balaban J connectivity index is 2.52. The summed E-state index contributed by atoms with van der Waals surface area (Å²) >= 11 is 0. The number of rotatable bonds is 5. The van der Waals surface area contributed by atoms with Crippen molar-refractivity contribution in [3.8, 4) is 5.75 Å². The summed E-state index contributed by atoms with van der Waals surface area (Å²) in [6.45, 7) is 13.0. The van der Waals surface area contributed by atoms with Gasteiger partial charge in [-0.25, -0.2) is 0 Å². The maximum Gasteiger partial charge on any atom is 0.353 e. The minimum Gasteiger partial charge on any atom is -0.497 e. The maximum absolute atomic E-state index is 13.5. The lowest BCUT2D eigenvalue weighted by Gasteiger charge is -2.43. The fraction of sp³-hybridized carbons (Fsp3) is 0.556. The van der Waals surface area contributed by atoms with Crippen LogP contribution in [0.1, 0.15) is 32.4 Å². The number of ether oxygens (including phenoxy) is 1. The summed E-state index contributed by atoms with van der Waals surface area (Å²) in [5.41, 5.74) is 0.710. The van der Waals surface area contributed by atoms with E-state index in [9.17, 15) is 4.57 Å². The van der Waals surface area contributed by atoms with Crippen LogP contribution in [0.4, 0.5) is 0 Å². The van der Waals surface area contributed by atoms with Gasteiger partial charge in [-0.1, -0.05) is 51.7 Å². The van der Waals surface area contributed by atoms with Gasteiger partial charge in [-0.3, -0.25) is 9.09 Å². The zero-order valence-corrected chi connectivity index (χ0v) is 17.6. The fourth-order valence-corrected chi connectivity index (χ4v) is 9.26. The predicted molar refractivity (Wildman–Crippen MR) is 101 cm³/mol. The number of benzene rings is 1. The molecule has 1 aliphatic heterocycles. The Labute approximate surface area is 146 Å². The second kappa shape index (κ2) is 6.79. The molecule has 24 heavy (non-hydrogen) atoms. The fourth-order valence-electron chi connectivity index (χ4n) is 3.00. The van der Waals surface area contributed by atoms with Gasteiger partial charge >= 0.3 is 7.60 Å². The Morgan fingerprint density at radius 1 is 1.21 bits per heavy atom. The van der Waals surface area contributed by atoms with Gasteiger partial charge in [0.25, 0.3) is 0 Å². The Kier molecular flexibility index (Phi) is 5.51. The van der Waals surface area contributed by atoms with E-state index in [0.29, 0.717) is 6.61 Å². The molecule has 0 spiro atoms.